The van der Waals surface area contributed by atoms with Crippen LogP contribution in [0.2, 0.25) is 0 Å². The zero-order chi connectivity index (χ0) is 26.5. The van der Waals surface area contributed by atoms with Crippen LogP contribution in [0.15, 0.2) is 48.5 Å². The number of anilines is 2. The van der Waals surface area contributed by atoms with Gasteiger partial charge >= 0.3 is 5.97 Å². The Balaban J connectivity index is 1.20. The van der Waals surface area contributed by atoms with E-state index >= 15 is 0 Å². The van der Waals surface area contributed by atoms with Crippen LogP contribution in [-0.2, 0) is 4.79 Å². The normalized spacial score (nSPS) is 12.4. The molecule has 11 heteroatoms. The fourth-order valence-electron chi connectivity index (χ4n) is 4.09. The Kier molecular flexibility index (Phi) is 7.52. The van der Waals surface area contributed by atoms with Gasteiger partial charge in [-0.2, -0.15) is 0 Å². The number of aryl methyl sites for hydroxylation is 2. The SMILES string of the molecule is Cc1cc(C)nc(Nc2ccc(OC(=O)CCCCCN3C(=O)c4cccc([N+](=O)[O-])c4C3=O)cc2)n1. The van der Waals surface area contributed by atoms with Crippen LogP contribution in [0.5, 0.6) is 5.75 Å². The van der Waals surface area contributed by atoms with Crippen molar-refractivity contribution in [3.63, 3.8) is 0 Å². The van der Waals surface area contributed by atoms with E-state index in [0.717, 1.165) is 22.0 Å². The van der Waals surface area contributed by atoms with E-state index in [0.29, 0.717) is 31.0 Å². The van der Waals surface area contributed by atoms with Gasteiger partial charge in [-0.15, -0.1) is 0 Å². The Hall–Kier alpha value is -4.67. The zero-order valence-corrected chi connectivity index (χ0v) is 20.4. The molecule has 2 amide bonds. The Morgan fingerprint density at radius 1 is 1.00 bits per heavy atom. The number of carbonyl (C=O) groups excluding carboxylic acids is 3. The number of hydrogen-bond donors (Lipinski definition) is 1. The summed E-state index contributed by atoms with van der Waals surface area (Å²) < 4.78 is 5.37. The number of carbonyl (C=O) groups is 3. The van der Waals surface area contributed by atoms with Crippen LogP contribution >= 0.6 is 0 Å². The van der Waals surface area contributed by atoms with Crippen LogP contribution in [0.1, 0.15) is 57.8 Å². The highest BCUT2D eigenvalue weighted by atomic mass is 16.6. The molecule has 0 unspecified atom stereocenters. The quantitative estimate of drug-likeness (QED) is 0.105. The highest BCUT2D eigenvalue weighted by Crippen LogP contribution is 2.31. The van der Waals surface area contributed by atoms with Crippen LogP contribution in [-0.4, -0.2) is 44.1 Å². The molecule has 37 heavy (non-hydrogen) atoms. The predicted molar refractivity (Wildman–Crippen MR) is 134 cm³/mol. The first kappa shape index (κ1) is 25.4. The maximum Gasteiger partial charge on any atom is 0.311 e. The standard InChI is InChI=1S/C26H25N5O6/c1-16-15-17(2)28-26(27-16)29-18-10-12-19(13-11-18)37-22(32)9-4-3-5-14-30-24(33)20-7-6-8-21(31(35)36)23(20)25(30)34/h6-8,10-13,15H,3-5,9,14H2,1-2H3,(H,27,28,29). The number of nitrogens with zero attached hydrogens (tertiary/aromatic N) is 4. The van der Waals surface area contributed by atoms with Crippen LogP contribution in [0.4, 0.5) is 17.3 Å². The fourth-order valence-corrected chi connectivity index (χ4v) is 4.09. The Bertz CT molecular complexity index is 1350. The highest BCUT2D eigenvalue weighted by molar-refractivity contribution is 6.23. The first-order chi connectivity index (χ1) is 17.7. The van der Waals surface area contributed by atoms with E-state index in [-0.39, 0.29) is 29.8 Å². The molecule has 0 saturated carbocycles. The largest absolute Gasteiger partial charge is 0.427 e. The van der Waals surface area contributed by atoms with Gasteiger partial charge < -0.3 is 10.1 Å². The minimum absolute atomic E-state index is 0.0468. The summed E-state index contributed by atoms with van der Waals surface area (Å²) in [6.45, 7) is 3.90. The average molecular weight is 504 g/mol. The van der Waals surface area contributed by atoms with E-state index in [1.54, 1.807) is 24.3 Å². The summed E-state index contributed by atoms with van der Waals surface area (Å²) in [6, 6.07) is 12.8. The molecular weight excluding hydrogens is 478 g/mol. The highest BCUT2D eigenvalue weighted by Gasteiger charge is 2.40. The second kappa shape index (κ2) is 10.9. The van der Waals surface area contributed by atoms with Gasteiger partial charge in [0, 0.05) is 36.1 Å². The molecule has 0 radical (unpaired) electrons. The number of rotatable bonds is 10. The summed E-state index contributed by atoms with van der Waals surface area (Å²) >= 11 is 0. The van der Waals surface area contributed by atoms with E-state index in [4.69, 9.17) is 4.74 Å². The molecule has 190 valence electrons. The number of esters is 1. The van der Waals surface area contributed by atoms with Gasteiger partial charge in [0.2, 0.25) is 5.95 Å². The van der Waals surface area contributed by atoms with Crippen molar-refractivity contribution in [3.8, 4) is 5.75 Å². The van der Waals surface area contributed by atoms with Gasteiger partial charge in [-0.25, -0.2) is 9.97 Å². The fraction of sp³-hybridized carbons (Fsp3) is 0.269. The number of imide groups is 1. The van der Waals surface area contributed by atoms with Crippen molar-refractivity contribution in [1.82, 2.24) is 14.9 Å². The molecule has 3 aromatic rings. The summed E-state index contributed by atoms with van der Waals surface area (Å²) in [7, 11) is 0. The molecule has 4 rings (SSSR count). The van der Waals surface area contributed by atoms with Crippen LogP contribution < -0.4 is 10.1 Å². The third-order valence-corrected chi connectivity index (χ3v) is 5.76. The lowest BCUT2D eigenvalue weighted by molar-refractivity contribution is -0.385. The first-order valence-electron chi connectivity index (χ1n) is 11.8. The molecule has 0 saturated heterocycles. The van der Waals surface area contributed by atoms with Crippen molar-refractivity contribution >= 4 is 35.1 Å². The number of hydrogen-bond acceptors (Lipinski definition) is 9. The number of aromatic nitrogens is 2. The Morgan fingerprint density at radius 3 is 2.38 bits per heavy atom. The van der Waals surface area contributed by atoms with Crippen molar-refractivity contribution in [2.24, 2.45) is 0 Å². The average Bonchev–Trinajstić information content (AvgIpc) is 3.09. The number of benzene rings is 2. The predicted octanol–water partition coefficient (Wildman–Crippen LogP) is 4.51. The van der Waals surface area contributed by atoms with Gasteiger partial charge in [-0.05, 0) is 63.1 Å². The summed E-state index contributed by atoms with van der Waals surface area (Å²) in [5, 5.41) is 14.3. The molecule has 0 atom stereocenters. The van der Waals surface area contributed by atoms with E-state index < -0.39 is 22.7 Å². The summed E-state index contributed by atoms with van der Waals surface area (Å²) in [6.07, 6.45) is 1.71. The van der Waals surface area contributed by atoms with Crippen molar-refractivity contribution < 1.29 is 24.0 Å². The molecule has 0 spiro atoms. The molecule has 1 aliphatic heterocycles. The number of nitro groups is 1. The smallest absolute Gasteiger partial charge is 0.311 e. The summed E-state index contributed by atoms with van der Waals surface area (Å²) in [4.78, 5) is 57.5. The topological polar surface area (TPSA) is 145 Å². The number of fused-ring (bicyclic) bond motifs is 1. The van der Waals surface area contributed by atoms with Crippen LogP contribution in [0.3, 0.4) is 0 Å². The number of ether oxygens (including phenoxy) is 1. The molecular formula is C26H25N5O6. The maximum atomic E-state index is 12.6. The van der Waals surface area contributed by atoms with Crippen molar-refractivity contribution in [1.29, 1.82) is 0 Å². The van der Waals surface area contributed by atoms with Crippen molar-refractivity contribution in [2.45, 2.75) is 39.5 Å². The second-order valence-corrected chi connectivity index (χ2v) is 8.63. The number of nitro benzene ring substituents is 1. The maximum absolute atomic E-state index is 12.6. The summed E-state index contributed by atoms with van der Waals surface area (Å²) in [5.74, 6) is -0.695. The first-order valence-corrected chi connectivity index (χ1v) is 11.8. The van der Waals surface area contributed by atoms with Gasteiger partial charge in [0.25, 0.3) is 17.5 Å². The number of nitrogens with one attached hydrogen (secondary N) is 1. The molecule has 2 heterocycles. The lowest BCUT2D eigenvalue weighted by Crippen LogP contribution is -2.30. The number of amides is 2. The molecule has 0 aliphatic carbocycles. The van der Waals surface area contributed by atoms with E-state index in [9.17, 15) is 24.5 Å². The second-order valence-electron chi connectivity index (χ2n) is 8.63. The molecule has 1 aliphatic rings. The number of unbranched alkanes of at least 4 members (excludes halogenated alkanes) is 2. The minimum Gasteiger partial charge on any atom is -0.427 e. The van der Waals surface area contributed by atoms with Crippen molar-refractivity contribution in [2.75, 3.05) is 11.9 Å². The molecule has 1 aromatic heterocycles. The Morgan fingerprint density at radius 2 is 1.70 bits per heavy atom. The molecule has 1 N–H and O–H groups in total. The molecule has 11 nitrogen and oxygen atoms in total. The van der Waals surface area contributed by atoms with Crippen LogP contribution in [0.25, 0.3) is 0 Å². The lowest BCUT2D eigenvalue weighted by Gasteiger charge is -2.13. The van der Waals surface area contributed by atoms with Gasteiger partial charge in [-0.3, -0.25) is 29.4 Å². The zero-order valence-electron chi connectivity index (χ0n) is 20.4. The van der Waals surface area contributed by atoms with Gasteiger partial charge in [0.1, 0.15) is 11.3 Å². The third kappa shape index (κ3) is 5.95. The van der Waals surface area contributed by atoms with Gasteiger partial charge in [0.15, 0.2) is 0 Å². The summed E-state index contributed by atoms with van der Waals surface area (Å²) in [5.41, 5.74) is 1.97. The Labute approximate surface area is 212 Å². The van der Waals surface area contributed by atoms with E-state index in [1.807, 2.05) is 19.9 Å². The molecule has 2 aromatic carbocycles. The molecule has 0 bridgehead atoms. The van der Waals surface area contributed by atoms with E-state index in [1.165, 1.54) is 18.2 Å². The lowest BCUT2D eigenvalue weighted by atomic mass is 10.1. The third-order valence-electron chi connectivity index (χ3n) is 5.76. The van der Waals surface area contributed by atoms with Gasteiger partial charge in [0.05, 0.1) is 10.5 Å². The van der Waals surface area contributed by atoms with E-state index in [2.05, 4.69) is 15.3 Å². The van der Waals surface area contributed by atoms with Crippen molar-refractivity contribution in [3.05, 3.63) is 81.2 Å². The molecule has 0 fully saturated rings. The van der Waals surface area contributed by atoms with Crippen LogP contribution in [0, 0.1) is 24.0 Å². The minimum atomic E-state index is -0.664. The van der Waals surface area contributed by atoms with Gasteiger partial charge in [-0.1, -0.05) is 12.5 Å². The monoisotopic (exact) mass is 503 g/mol.